The Hall–Kier alpha value is -2.98. The van der Waals surface area contributed by atoms with Crippen LogP contribution in [0.4, 0.5) is 14.9 Å². The quantitative estimate of drug-likeness (QED) is 0.667. The number of Topliss-reactive ketones (excluding diaryl/α,β-unsaturated/α-hetero) is 1. The van der Waals surface area contributed by atoms with Crippen LogP contribution in [0.15, 0.2) is 47.4 Å². The Kier molecular flexibility index (Phi) is 5.44. The molecule has 2 amide bonds. The Bertz CT molecular complexity index is 1140. The lowest BCUT2D eigenvalue weighted by Gasteiger charge is -2.45. The summed E-state index contributed by atoms with van der Waals surface area (Å²) >= 11 is 0. The number of nitrogens with zero attached hydrogens (tertiary/aromatic N) is 1. The van der Waals surface area contributed by atoms with Crippen molar-refractivity contribution in [3.63, 3.8) is 0 Å². The number of carbonyl (C=O) groups is 2. The summed E-state index contributed by atoms with van der Waals surface area (Å²) in [5, 5.41) is 11.3. The van der Waals surface area contributed by atoms with Crippen molar-refractivity contribution in [3.8, 4) is 0 Å². The summed E-state index contributed by atoms with van der Waals surface area (Å²) < 4.78 is 36.4. The normalized spacial score (nSPS) is 17.7. The van der Waals surface area contributed by atoms with Crippen molar-refractivity contribution in [2.24, 2.45) is 5.14 Å². The van der Waals surface area contributed by atoms with Crippen molar-refractivity contribution in [1.82, 2.24) is 10.2 Å². The summed E-state index contributed by atoms with van der Waals surface area (Å²) in [7, 11) is -3.81. The zero-order valence-electron chi connectivity index (χ0n) is 16.7. The minimum atomic E-state index is -3.81. The van der Waals surface area contributed by atoms with Gasteiger partial charge in [-0.15, -0.1) is 0 Å². The molecule has 2 aromatic rings. The van der Waals surface area contributed by atoms with Crippen LogP contribution in [0.3, 0.4) is 0 Å². The molecule has 10 heteroatoms. The summed E-state index contributed by atoms with van der Waals surface area (Å²) in [6.07, 6.45) is 1.44. The number of likely N-dealkylation sites (tertiary alicyclic amines) is 1. The van der Waals surface area contributed by atoms with E-state index in [1.54, 1.807) is 23.1 Å². The molecule has 1 fully saturated rings. The van der Waals surface area contributed by atoms with Crippen LogP contribution in [0, 0.1) is 5.82 Å². The molecule has 4 rings (SSSR count). The number of ketones is 1. The van der Waals surface area contributed by atoms with Crippen LogP contribution in [-0.2, 0) is 16.6 Å². The molecular formula is C21H23FN4O4S. The number of rotatable bonds is 3. The molecular weight excluding hydrogens is 423 g/mol. The van der Waals surface area contributed by atoms with E-state index in [2.05, 4.69) is 10.6 Å². The smallest absolute Gasteiger partial charge is 0.317 e. The predicted octanol–water partition coefficient (Wildman–Crippen LogP) is 2.22. The Morgan fingerprint density at radius 3 is 2.65 bits per heavy atom. The molecule has 2 aliphatic heterocycles. The number of carbonyl (C=O) groups excluding carboxylic acids is 2. The zero-order valence-corrected chi connectivity index (χ0v) is 17.5. The molecule has 164 valence electrons. The van der Waals surface area contributed by atoms with Gasteiger partial charge in [-0.25, -0.2) is 22.7 Å². The second-order valence-corrected chi connectivity index (χ2v) is 9.59. The Morgan fingerprint density at radius 2 is 1.94 bits per heavy atom. The van der Waals surface area contributed by atoms with Crippen molar-refractivity contribution in [3.05, 3.63) is 59.4 Å². The van der Waals surface area contributed by atoms with Crippen molar-refractivity contribution in [2.45, 2.75) is 36.2 Å². The number of primary sulfonamides is 1. The fourth-order valence-corrected chi connectivity index (χ4v) is 4.73. The van der Waals surface area contributed by atoms with E-state index in [-0.39, 0.29) is 29.7 Å². The van der Waals surface area contributed by atoms with Crippen LogP contribution >= 0.6 is 0 Å². The maximum Gasteiger partial charge on any atom is 0.317 e. The van der Waals surface area contributed by atoms with Crippen LogP contribution < -0.4 is 15.8 Å². The van der Waals surface area contributed by atoms with Gasteiger partial charge in [-0.2, -0.15) is 0 Å². The largest absolute Gasteiger partial charge is 0.378 e. The second-order valence-electron chi connectivity index (χ2n) is 8.03. The first kappa shape index (κ1) is 21.3. The van der Waals surface area contributed by atoms with E-state index in [1.165, 1.54) is 24.3 Å². The van der Waals surface area contributed by atoms with Gasteiger partial charge in [0, 0.05) is 42.8 Å². The lowest BCUT2D eigenvalue weighted by Crippen LogP contribution is -2.55. The molecule has 0 radical (unpaired) electrons. The molecule has 31 heavy (non-hydrogen) atoms. The lowest BCUT2D eigenvalue weighted by atomic mass is 9.78. The van der Waals surface area contributed by atoms with Crippen molar-refractivity contribution < 1.29 is 22.4 Å². The third-order valence-corrected chi connectivity index (χ3v) is 6.77. The molecule has 1 saturated heterocycles. The molecule has 2 heterocycles. The van der Waals surface area contributed by atoms with Gasteiger partial charge in [-0.1, -0.05) is 12.1 Å². The first-order valence-corrected chi connectivity index (χ1v) is 11.5. The number of amides is 2. The molecule has 0 aromatic heterocycles. The van der Waals surface area contributed by atoms with E-state index < -0.39 is 21.4 Å². The number of urea groups is 1. The number of hydrogen-bond donors (Lipinski definition) is 3. The summed E-state index contributed by atoms with van der Waals surface area (Å²) in [6.45, 7) is 1.08. The number of sulfonamides is 1. The Morgan fingerprint density at radius 1 is 1.19 bits per heavy atom. The van der Waals surface area contributed by atoms with E-state index in [4.69, 9.17) is 5.14 Å². The summed E-state index contributed by atoms with van der Waals surface area (Å²) in [5.74, 6) is -0.535. The topological polar surface area (TPSA) is 122 Å². The van der Waals surface area contributed by atoms with E-state index in [0.717, 1.165) is 0 Å². The number of fused-ring (bicyclic) bond motifs is 1. The molecule has 2 aliphatic rings. The van der Waals surface area contributed by atoms with Gasteiger partial charge in [0.25, 0.3) is 0 Å². The predicted molar refractivity (Wildman–Crippen MR) is 113 cm³/mol. The fourth-order valence-electron chi connectivity index (χ4n) is 4.15. The number of hydrogen-bond acceptors (Lipinski definition) is 5. The third kappa shape index (κ3) is 4.54. The average Bonchev–Trinajstić information content (AvgIpc) is 2.73. The number of anilines is 1. The monoisotopic (exact) mass is 446 g/mol. The minimum absolute atomic E-state index is 0.00707. The number of benzene rings is 2. The molecule has 4 N–H and O–H groups in total. The number of nitrogens with two attached hydrogens (primary N) is 1. The van der Waals surface area contributed by atoms with Crippen molar-refractivity contribution in [2.75, 3.05) is 18.4 Å². The fraction of sp³-hybridized carbons (Fsp3) is 0.333. The van der Waals surface area contributed by atoms with Gasteiger partial charge in [0.1, 0.15) is 5.82 Å². The summed E-state index contributed by atoms with van der Waals surface area (Å²) in [6, 6.07) is 10.0. The minimum Gasteiger partial charge on any atom is -0.378 e. The van der Waals surface area contributed by atoms with E-state index >= 15 is 0 Å². The SMILES string of the molecule is NS(=O)(=O)c1cccc(CNC(=O)N2CCC3(CC2)CC(=O)c2cc(F)ccc2N3)c1. The maximum absolute atomic E-state index is 13.5. The van der Waals surface area contributed by atoms with Crippen LogP contribution in [0.2, 0.25) is 0 Å². The van der Waals surface area contributed by atoms with Crippen LogP contribution in [0.1, 0.15) is 35.2 Å². The zero-order chi connectivity index (χ0) is 22.2. The van der Waals surface area contributed by atoms with E-state index in [1.807, 2.05) is 0 Å². The molecule has 0 bridgehead atoms. The molecule has 0 aliphatic carbocycles. The highest BCUT2D eigenvalue weighted by molar-refractivity contribution is 7.89. The molecule has 0 atom stereocenters. The van der Waals surface area contributed by atoms with Crippen LogP contribution in [0.25, 0.3) is 0 Å². The van der Waals surface area contributed by atoms with E-state index in [9.17, 15) is 22.4 Å². The first-order valence-electron chi connectivity index (χ1n) is 9.91. The second kappa shape index (κ2) is 7.93. The highest BCUT2D eigenvalue weighted by atomic mass is 32.2. The highest BCUT2D eigenvalue weighted by Crippen LogP contribution is 2.37. The maximum atomic E-state index is 13.5. The van der Waals surface area contributed by atoms with Gasteiger partial charge in [0.2, 0.25) is 10.0 Å². The first-order chi connectivity index (χ1) is 14.7. The molecule has 0 saturated carbocycles. The van der Waals surface area contributed by atoms with Gasteiger partial charge < -0.3 is 15.5 Å². The van der Waals surface area contributed by atoms with E-state index in [0.29, 0.717) is 42.7 Å². The molecule has 8 nitrogen and oxygen atoms in total. The summed E-state index contributed by atoms with van der Waals surface area (Å²) in [4.78, 5) is 26.8. The van der Waals surface area contributed by atoms with Gasteiger partial charge in [0.15, 0.2) is 5.78 Å². The third-order valence-electron chi connectivity index (χ3n) is 5.86. The van der Waals surface area contributed by atoms with Crippen LogP contribution in [0.5, 0.6) is 0 Å². The van der Waals surface area contributed by atoms with Gasteiger partial charge in [-0.05, 0) is 48.7 Å². The Balaban J connectivity index is 1.35. The number of nitrogens with one attached hydrogen (secondary N) is 2. The van der Waals surface area contributed by atoms with Crippen molar-refractivity contribution >= 4 is 27.5 Å². The number of halogens is 1. The Labute approximate surface area is 179 Å². The standard InChI is InChI=1S/C21H23FN4O4S/c22-15-4-5-18-17(11-15)19(27)12-21(25-18)6-8-26(9-7-21)20(28)24-13-14-2-1-3-16(10-14)31(23,29)30/h1-5,10-11,25H,6-9,12-13H2,(H,24,28)(H2,23,29,30). The molecule has 1 spiro atoms. The van der Waals surface area contributed by atoms with Gasteiger partial charge in [-0.3, -0.25) is 4.79 Å². The van der Waals surface area contributed by atoms with Crippen molar-refractivity contribution in [1.29, 1.82) is 0 Å². The van der Waals surface area contributed by atoms with Gasteiger partial charge in [0.05, 0.1) is 4.90 Å². The lowest BCUT2D eigenvalue weighted by molar-refractivity contribution is 0.0915. The summed E-state index contributed by atoms with van der Waals surface area (Å²) in [5.41, 5.74) is 1.18. The average molecular weight is 447 g/mol. The van der Waals surface area contributed by atoms with Crippen LogP contribution in [-0.4, -0.2) is 43.8 Å². The highest BCUT2D eigenvalue weighted by Gasteiger charge is 2.41. The van der Waals surface area contributed by atoms with Gasteiger partial charge >= 0.3 is 6.03 Å². The molecule has 0 unspecified atom stereocenters. The molecule has 2 aromatic carbocycles. The number of piperidine rings is 1.